The highest BCUT2D eigenvalue weighted by Crippen LogP contribution is 2.16. The predicted molar refractivity (Wildman–Crippen MR) is 60.4 cm³/mol. The summed E-state index contributed by atoms with van der Waals surface area (Å²) in [4.78, 5) is 4.11. The van der Waals surface area contributed by atoms with Crippen LogP contribution in [0.5, 0.6) is 0 Å². The van der Waals surface area contributed by atoms with E-state index in [4.69, 9.17) is 0 Å². The van der Waals surface area contributed by atoms with E-state index in [2.05, 4.69) is 24.1 Å². The van der Waals surface area contributed by atoms with E-state index < -0.39 is 0 Å². The third-order valence-electron chi connectivity index (χ3n) is 2.48. The molecule has 0 amide bonds. The number of hydrogen-bond donors (Lipinski definition) is 1. The van der Waals surface area contributed by atoms with Crippen molar-refractivity contribution >= 4 is 0 Å². The maximum atomic E-state index is 12.7. The third-order valence-corrected chi connectivity index (χ3v) is 2.48. The molecule has 1 unspecified atom stereocenters. The lowest BCUT2D eigenvalue weighted by Crippen LogP contribution is -2.22. The lowest BCUT2D eigenvalue weighted by Gasteiger charge is -2.14. The Labute approximate surface area is 90.9 Å². The van der Waals surface area contributed by atoms with Gasteiger partial charge in [0.05, 0.1) is 6.20 Å². The van der Waals surface area contributed by atoms with Crippen LogP contribution in [0.1, 0.15) is 38.3 Å². The van der Waals surface area contributed by atoms with E-state index in [0.717, 1.165) is 31.6 Å². The number of pyridine rings is 1. The second kappa shape index (κ2) is 6.51. The quantitative estimate of drug-likeness (QED) is 0.730. The summed E-state index contributed by atoms with van der Waals surface area (Å²) in [6.45, 7) is 6.22. The van der Waals surface area contributed by atoms with Gasteiger partial charge in [-0.05, 0) is 31.5 Å². The molecule has 0 aromatic carbocycles. The van der Waals surface area contributed by atoms with E-state index >= 15 is 0 Å². The highest BCUT2D eigenvalue weighted by molar-refractivity contribution is 5.10. The summed E-state index contributed by atoms with van der Waals surface area (Å²) in [5, 5.41) is 3.37. The van der Waals surface area contributed by atoms with Crippen LogP contribution in [0.15, 0.2) is 18.3 Å². The molecule has 0 fully saturated rings. The molecule has 0 aliphatic heterocycles. The van der Waals surface area contributed by atoms with Crippen molar-refractivity contribution in [1.82, 2.24) is 10.3 Å². The van der Waals surface area contributed by atoms with Crippen LogP contribution in [0.3, 0.4) is 0 Å². The molecule has 0 bridgehead atoms. The van der Waals surface area contributed by atoms with Crippen molar-refractivity contribution in [3.05, 3.63) is 29.8 Å². The van der Waals surface area contributed by atoms with Gasteiger partial charge in [-0.2, -0.15) is 0 Å². The largest absolute Gasteiger partial charge is 0.316 e. The molecule has 0 saturated carbocycles. The van der Waals surface area contributed by atoms with Gasteiger partial charge in [0.25, 0.3) is 0 Å². The van der Waals surface area contributed by atoms with Crippen molar-refractivity contribution in [2.75, 3.05) is 13.1 Å². The SMILES string of the molecule is CCCNCC(CC)c1ccc(F)cn1. The second-order valence-electron chi connectivity index (χ2n) is 3.71. The van der Waals surface area contributed by atoms with Gasteiger partial charge < -0.3 is 5.32 Å². The van der Waals surface area contributed by atoms with E-state index in [1.54, 1.807) is 6.07 Å². The molecule has 2 nitrogen and oxygen atoms in total. The number of halogens is 1. The third kappa shape index (κ3) is 3.96. The van der Waals surface area contributed by atoms with Gasteiger partial charge in [-0.1, -0.05) is 13.8 Å². The first-order valence-corrected chi connectivity index (χ1v) is 5.60. The first-order chi connectivity index (χ1) is 7.27. The van der Waals surface area contributed by atoms with Gasteiger partial charge in [-0.25, -0.2) is 4.39 Å². The van der Waals surface area contributed by atoms with Gasteiger partial charge >= 0.3 is 0 Å². The Morgan fingerprint density at radius 3 is 2.73 bits per heavy atom. The fourth-order valence-corrected chi connectivity index (χ4v) is 1.54. The molecule has 15 heavy (non-hydrogen) atoms. The Balaban J connectivity index is 2.53. The lowest BCUT2D eigenvalue weighted by molar-refractivity contribution is 0.552. The molecule has 1 aromatic rings. The predicted octanol–water partition coefficient (Wildman–Crippen LogP) is 2.71. The Morgan fingerprint density at radius 2 is 2.20 bits per heavy atom. The maximum absolute atomic E-state index is 12.7. The van der Waals surface area contributed by atoms with Gasteiger partial charge in [0, 0.05) is 18.2 Å². The van der Waals surface area contributed by atoms with Crippen LogP contribution in [-0.4, -0.2) is 18.1 Å². The lowest BCUT2D eigenvalue weighted by atomic mass is 10.0. The summed E-state index contributed by atoms with van der Waals surface area (Å²) >= 11 is 0. The second-order valence-corrected chi connectivity index (χ2v) is 3.71. The molecule has 0 aliphatic rings. The number of aromatic nitrogens is 1. The van der Waals surface area contributed by atoms with Crippen molar-refractivity contribution in [2.24, 2.45) is 0 Å². The number of hydrogen-bond acceptors (Lipinski definition) is 2. The smallest absolute Gasteiger partial charge is 0.141 e. The van der Waals surface area contributed by atoms with Crippen molar-refractivity contribution < 1.29 is 4.39 Å². The van der Waals surface area contributed by atoms with Gasteiger partial charge in [0.2, 0.25) is 0 Å². The molecular weight excluding hydrogens is 191 g/mol. The fourth-order valence-electron chi connectivity index (χ4n) is 1.54. The van der Waals surface area contributed by atoms with Crippen LogP contribution in [0.2, 0.25) is 0 Å². The van der Waals surface area contributed by atoms with Crippen LogP contribution in [0, 0.1) is 5.82 Å². The molecule has 1 heterocycles. The average Bonchev–Trinajstić information content (AvgIpc) is 2.26. The minimum absolute atomic E-state index is 0.268. The van der Waals surface area contributed by atoms with Crippen molar-refractivity contribution in [2.45, 2.75) is 32.6 Å². The van der Waals surface area contributed by atoms with Crippen LogP contribution in [0.25, 0.3) is 0 Å². The molecular formula is C12H19FN2. The summed E-state index contributed by atoms with van der Waals surface area (Å²) < 4.78 is 12.7. The molecule has 0 saturated heterocycles. The normalized spacial score (nSPS) is 12.7. The highest BCUT2D eigenvalue weighted by Gasteiger charge is 2.09. The standard InChI is InChI=1S/C12H19FN2/c1-3-7-14-8-10(4-2)12-6-5-11(13)9-15-12/h5-6,9-10,14H,3-4,7-8H2,1-2H3. The van der Waals surface area contributed by atoms with Gasteiger partial charge in [0.1, 0.15) is 5.82 Å². The average molecular weight is 210 g/mol. The zero-order chi connectivity index (χ0) is 11.1. The summed E-state index contributed by atoms with van der Waals surface area (Å²) in [5.41, 5.74) is 0.975. The van der Waals surface area contributed by atoms with E-state index in [1.807, 2.05) is 0 Å². The van der Waals surface area contributed by atoms with Crippen LogP contribution in [-0.2, 0) is 0 Å². The minimum atomic E-state index is -0.268. The molecule has 0 radical (unpaired) electrons. The van der Waals surface area contributed by atoms with E-state index in [9.17, 15) is 4.39 Å². The molecule has 1 N–H and O–H groups in total. The maximum Gasteiger partial charge on any atom is 0.141 e. The van der Waals surface area contributed by atoms with Gasteiger partial charge in [-0.3, -0.25) is 4.98 Å². The minimum Gasteiger partial charge on any atom is -0.316 e. The van der Waals surface area contributed by atoms with Gasteiger partial charge in [-0.15, -0.1) is 0 Å². The van der Waals surface area contributed by atoms with Crippen LogP contribution >= 0.6 is 0 Å². The fraction of sp³-hybridized carbons (Fsp3) is 0.583. The first-order valence-electron chi connectivity index (χ1n) is 5.60. The Kier molecular flexibility index (Phi) is 5.26. The van der Waals surface area contributed by atoms with Crippen molar-refractivity contribution in [1.29, 1.82) is 0 Å². The Hall–Kier alpha value is -0.960. The molecule has 0 spiro atoms. The molecule has 1 aromatic heterocycles. The first kappa shape index (κ1) is 12.1. The Morgan fingerprint density at radius 1 is 1.40 bits per heavy atom. The molecule has 84 valence electrons. The van der Waals surface area contributed by atoms with E-state index in [0.29, 0.717) is 5.92 Å². The van der Waals surface area contributed by atoms with Gasteiger partial charge in [0.15, 0.2) is 0 Å². The number of rotatable bonds is 6. The topological polar surface area (TPSA) is 24.9 Å². The van der Waals surface area contributed by atoms with Crippen molar-refractivity contribution in [3.8, 4) is 0 Å². The number of nitrogens with one attached hydrogen (secondary N) is 1. The zero-order valence-corrected chi connectivity index (χ0v) is 9.46. The van der Waals surface area contributed by atoms with Crippen LogP contribution in [0.4, 0.5) is 4.39 Å². The molecule has 1 atom stereocenters. The highest BCUT2D eigenvalue weighted by atomic mass is 19.1. The summed E-state index contributed by atoms with van der Waals surface area (Å²) in [6, 6.07) is 3.25. The van der Waals surface area contributed by atoms with E-state index in [-0.39, 0.29) is 5.82 Å². The summed E-state index contributed by atoms with van der Waals surface area (Å²) in [6.07, 6.45) is 3.44. The zero-order valence-electron chi connectivity index (χ0n) is 9.46. The number of nitrogens with zero attached hydrogens (tertiary/aromatic N) is 1. The Bertz CT molecular complexity index is 271. The van der Waals surface area contributed by atoms with Crippen LogP contribution < -0.4 is 5.32 Å². The monoisotopic (exact) mass is 210 g/mol. The molecule has 1 rings (SSSR count). The summed E-state index contributed by atoms with van der Waals surface area (Å²) in [5.74, 6) is 0.118. The summed E-state index contributed by atoms with van der Waals surface area (Å²) in [7, 11) is 0. The van der Waals surface area contributed by atoms with E-state index in [1.165, 1.54) is 12.3 Å². The molecule has 0 aliphatic carbocycles. The van der Waals surface area contributed by atoms with Crippen molar-refractivity contribution in [3.63, 3.8) is 0 Å². The molecule has 3 heteroatoms.